The summed E-state index contributed by atoms with van der Waals surface area (Å²) >= 11 is 0. The van der Waals surface area contributed by atoms with Crippen LogP contribution in [0.3, 0.4) is 0 Å². The number of benzene rings is 2. The van der Waals surface area contributed by atoms with Crippen molar-refractivity contribution in [3.05, 3.63) is 65.7 Å². The number of ether oxygens (including phenoxy) is 1. The molecule has 4 rings (SSSR count). The zero-order chi connectivity index (χ0) is 20.2. The Bertz CT molecular complexity index is 915. The average Bonchev–Trinajstić information content (AvgIpc) is 2.88. The van der Waals surface area contributed by atoms with Gasteiger partial charge in [0, 0.05) is 13.0 Å². The number of hydrogen-bond acceptors (Lipinski definition) is 4. The molecule has 2 N–H and O–H groups in total. The molecule has 7 nitrogen and oxygen atoms in total. The van der Waals surface area contributed by atoms with Gasteiger partial charge in [0.1, 0.15) is 12.1 Å². The molecule has 2 aliphatic rings. The Kier molecular flexibility index (Phi) is 5.57. The third kappa shape index (κ3) is 4.30. The van der Waals surface area contributed by atoms with Crippen LogP contribution in [0.25, 0.3) is 0 Å². The molecule has 2 atom stereocenters. The number of carbonyl (C=O) groups is 3. The largest absolute Gasteiger partial charge is 0.370 e. The lowest BCUT2D eigenvalue weighted by Crippen LogP contribution is -2.44. The normalized spacial score (nSPS) is 21.6. The molecule has 2 aromatic carbocycles. The molecule has 2 aromatic rings. The van der Waals surface area contributed by atoms with Crippen LogP contribution in [-0.4, -0.2) is 48.4 Å². The summed E-state index contributed by atoms with van der Waals surface area (Å²) in [5, 5.41) is 5.50. The number of nitrogens with one attached hydrogen (secondary N) is 2. The van der Waals surface area contributed by atoms with Crippen molar-refractivity contribution >= 4 is 23.4 Å². The van der Waals surface area contributed by atoms with Crippen molar-refractivity contribution in [3.63, 3.8) is 0 Å². The second-order valence-electron chi connectivity index (χ2n) is 7.21. The van der Waals surface area contributed by atoms with Gasteiger partial charge in [0.25, 0.3) is 5.91 Å². The number of fused-ring (bicyclic) bond motifs is 1. The SMILES string of the molecule is O=C1NC(CCC(=O)N2CCOC(c3ccccc3)C2)C(=O)Nc2ccccc21. The first-order chi connectivity index (χ1) is 14.1. The number of para-hydroxylation sites is 1. The Morgan fingerprint density at radius 1 is 1.07 bits per heavy atom. The minimum atomic E-state index is -0.746. The molecular formula is C22H23N3O4. The third-order valence-electron chi connectivity index (χ3n) is 5.29. The van der Waals surface area contributed by atoms with Gasteiger partial charge in [-0.25, -0.2) is 0 Å². The monoisotopic (exact) mass is 393 g/mol. The molecule has 0 spiro atoms. The molecular weight excluding hydrogens is 370 g/mol. The summed E-state index contributed by atoms with van der Waals surface area (Å²) in [4.78, 5) is 39.4. The Morgan fingerprint density at radius 3 is 2.66 bits per heavy atom. The van der Waals surface area contributed by atoms with E-state index in [0.29, 0.717) is 30.9 Å². The lowest BCUT2D eigenvalue weighted by atomic mass is 10.1. The molecule has 29 heavy (non-hydrogen) atoms. The van der Waals surface area contributed by atoms with E-state index in [1.165, 1.54) is 0 Å². The molecule has 7 heteroatoms. The van der Waals surface area contributed by atoms with Crippen LogP contribution in [0.5, 0.6) is 0 Å². The highest BCUT2D eigenvalue weighted by Gasteiger charge is 2.30. The van der Waals surface area contributed by atoms with Gasteiger partial charge in [0.2, 0.25) is 11.8 Å². The molecule has 2 aliphatic heterocycles. The van der Waals surface area contributed by atoms with Gasteiger partial charge >= 0.3 is 0 Å². The van der Waals surface area contributed by atoms with Crippen LogP contribution in [0, 0.1) is 0 Å². The minimum Gasteiger partial charge on any atom is -0.370 e. The van der Waals surface area contributed by atoms with Crippen molar-refractivity contribution in [1.29, 1.82) is 0 Å². The molecule has 0 aliphatic carbocycles. The van der Waals surface area contributed by atoms with E-state index < -0.39 is 6.04 Å². The van der Waals surface area contributed by atoms with Crippen LogP contribution in [-0.2, 0) is 14.3 Å². The second kappa shape index (κ2) is 8.45. The van der Waals surface area contributed by atoms with Crippen LogP contribution in [0.15, 0.2) is 54.6 Å². The summed E-state index contributed by atoms with van der Waals surface area (Å²) in [5.74, 6) is -0.662. The topological polar surface area (TPSA) is 87.7 Å². The van der Waals surface area contributed by atoms with Crippen LogP contribution in [0.4, 0.5) is 5.69 Å². The van der Waals surface area contributed by atoms with Crippen LogP contribution >= 0.6 is 0 Å². The van der Waals surface area contributed by atoms with E-state index in [-0.39, 0.29) is 36.7 Å². The fourth-order valence-electron chi connectivity index (χ4n) is 3.69. The number of nitrogens with zero attached hydrogens (tertiary/aromatic N) is 1. The van der Waals surface area contributed by atoms with Gasteiger partial charge in [-0.05, 0) is 24.1 Å². The molecule has 0 saturated carbocycles. The first-order valence-electron chi connectivity index (χ1n) is 9.77. The molecule has 1 saturated heterocycles. The quantitative estimate of drug-likeness (QED) is 0.833. The molecule has 0 bridgehead atoms. The predicted octanol–water partition coefficient (Wildman–Crippen LogP) is 2.12. The van der Waals surface area contributed by atoms with Crippen LogP contribution in [0.1, 0.15) is 34.9 Å². The number of amides is 3. The van der Waals surface area contributed by atoms with Gasteiger partial charge in [0.15, 0.2) is 0 Å². The maximum atomic E-state index is 12.7. The van der Waals surface area contributed by atoms with E-state index in [9.17, 15) is 14.4 Å². The number of carbonyl (C=O) groups excluding carboxylic acids is 3. The van der Waals surface area contributed by atoms with E-state index >= 15 is 0 Å². The van der Waals surface area contributed by atoms with E-state index in [1.54, 1.807) is 29.2 Å². The van der Waals surface area contributed by atoms with Crippen molar-refractivity contribution in [3.8, 4) is 0 Å². The lowest BCUT2D eigenvalue weighted by molar-refractivity contribution is -0.139. The summed E-state index contributed by atoms with van der Waals surface area (Å²) in [7, 11) is 0. The summed E-state index contributed by atoms with van der Waals surface area (Å²) in [6, 6.07) is 15.9. The van der Waals surface area contributed by atoms with Gasteiger partial charge in [-0.1, -0.05) is 42.5 Å². The highest BCUT2D eigenvalue weighted by Crippen LogP contribution is 2.23. The van der Waals surface area contributed by atoms with Crippen molar-refractivity contribution in [2.24, 2.45) is 0 Å². The summed E-state index contributed by atoms with van der Waals surface area (Å²) in [5.41, 5.74) is 1.95. The number of anilines is 1. The molecule has 0 aromatic heterocycles. The van der Waals surface area contributed by atoms with Gasteiger partial charge in [-0.3, -0.25) is 14.4 Å². The van der Waals surface area contributed by atoms with E-state index in [4.69, 9.17) is 4.74 Å². The van der Waals surface area contributed by atoms with Crippen molar-refractivity contribution in [2.75, 3.05) is 25.0 Å². The van der Waals surface area contributed by atoms with E-state index in [2.05, 4.69) is 10.6 Å². The van der Waals surface area contributed by atoms with Gasteiger partial charge in [-0.15, -0.1) is 0 Å². The van der Waals surface area contributed by atoms with Crippen LogP contribution < -0.4 is 10.6 Å². The number of hydrogen-bond donors (Lipinski definition) is 2. The van der Waals surface area contributed by atoms with Gasteiger partial charge in [0.05, 0.1) is 24.4 Å². The zero-order valence-corrected chi connectivity index (χ0v) is 16.0. The molecule has 2 unspecified atom stereocenters. The Morgan fingerprint density at radius 2 is 1.83 bits per heavy atom. The average molecular weight is 393 g/mol. The third-order valence-corrected chi connectivity index (χ3v) is 5.29. The fourth-order valence-corrected chi connectivity index (χ4v) is 3.69. The maximum Gasteiger partial charge on any atom is 0.254 e. The molecule has 1 fully saturated rings. The van der Waals surface area contributed by atoms with Crippen molar-refractivity contribution in [1.82, 2.24) is 10.2 Å². The second-order valence-corrected chi connectivity index (χ2v) is 7.21. The molecule has 0 radical (unpaired) electrons. The van der Waals surface area contributed by atoms with E-state index in [0.717, 1.165) is 5.56 Å². The maximum absolute atomic E-state index is 12.7. The molecule has 2 heterocycles. The highest BCUT2D eigenvalue weighted by molar-refractivity contribution is 6.09. The summed E-state index contributed by atoms with van der Waals surface area (Å²) < 4.78 is 5.81. The molecule has 3 amide bonds. The summed E-state index contributed by atoms with van der Waals surface area (Å²) in [6.07, 6.45) is 0.276. The Hall–Kier alpha value is -3.19. The highest BCUT2D eigenvalue weighted by atomic mass is 16.5. The Balaban J connectivity index is 1.36. The molecule has 150 valence electrons. The Labute approximate surface area is 169 Å². The fraction of sp³-hybridized carbons (Fsp3) is 0.318. The summed E-state index contributed by atoms with van der Waals surface area (Å²) in [6.45, 7) is 1.48. The van der Waals surface area contributed by atoms with E-state index in [1.807, 2.05) is 30.3 Å². The first kappa shape index (κ1) is 19.1. The standard InChI is InChI=1S/C22H23N3O4/c26-20(25-12-13-29-19(14-25)15-6-2-1-3-7-15)11-10-18-22(28)23-17-9-5-4-8-16(17)21(27)24-18/h1-9,18-19H,10-14H2,(H,23,28)(H,24,27). The predicted molar refractivity (Wildman–Crippen MR) is 107 cm³/mol. The number of rotatable bonds is 4. The smallest absolute Gasteiger partial charge is 0.254 e. The van der Waals surface area contributed by atoms with Crippen molar-refractivity contribution in [2.45, 2.75) is 25.0 Å². The van der Waals surface area contributed by atoms with Crippen molar-refractivity contribution < 1.29 is 19.1 Å². The minimum absolute atomic E-state index is 0.0435. The first-order valence-corrected chi connectivity index (χ1v) is 9.77. The van der Waals surface area contributed by atoms with Gasteiger partial charge < -0.3 is 20.3 Å². The van der Waals surface area contributed by atoms with Gasteiger partial charge in [-0.2, -0.15) is 0 Å². The van der Waals surface area contributed by atoms with Crippen LogP contribution in [0.2, 0.25) is 0 Å². The zero-order valence-electron chi connectivity index (χ0n) is 16.0. The lowest BCUT2D eigenvalue weighted by Gasteiger charge is -2.33. The number of morpholine rings is 1.